The molecular weight excluding hydrogens is 300 g/mol. The van der Waals surface area contributed by atoms with Crippen molar-refractivity contribution in [3.8, 4) is 0 Å². The number of rotatable bonds is 2. The molecule has 0 aromatic heterocycles. The van der Waals surface area contributed by atoms with Crippen LogP contribution in [0.5, 0.6) is 0 Å². The molecule has 0 aromatic rings. The normalized spacial score (nSPS) is 41.0. The number of aldehydes is 1. The van der Waals surface area contributed by atoms with Gasteiger partial charge in [-0.3, -0.25) is 4.79 Å². The molecule has 130 valence electrons. The number of fused-ring (bicyclic) bond motifs is 4. The number of hydrogen-bond acceptors (Lipinski definition) is 3. The van der Waals surface area contributed by atoms with Crippen molar-refractivity contribution >= 4 is 12.3 Å². The lowest BCUT2D eigenvalue weighted by atomic mass is 9.57. The number of carbonyl (C=O) groups is 2. The highest BCUT2D eigenvalue weighted by molar-refractivity contribution is 5.66. The minimum absolute atomic E-state index is 0.0569. The lowest BCUT2D eigenvalue weighted by Gasteiger charge is -2.48. The van der Waals surface area contributed by atoms with Crippen molar-refractivity contribution in [1.29, 1.82) is 0 Å². The summed E-state index contributed by atoms with van der Waals surface area (Å²) in [6.07, 6.45) is 12.5. The zero-order chi connectivity index (χ0) is 16.9. The van der Waals surface area contributed by atoms with Gasteiger partial charge in [0.05, 0.1) is 0 Å². The van der Waals surface area contributed by atoms with E-state index in [9.17, 15) is 9.59 Å². The molecule has 5 atom stereocenters. The zero-order valence-corrected chi connectivity index (χ0v) is 14.8. The number of carbonyl (C=O) groups excluding carboxylic acids is 2. The standard InChI is InChI=1S/C21H28O3/c1-13(23)24-19-9-8-18-16-7-6-14-4-3-5-15(12-22)20(14)17(16)10-11-21(18,19)2/h10,12,15-16,18-19H,3-9,11H2,1-2H3/t15?,16-,18+,19+,21+/m1/s1. The Morgan fingerprint density at radius 1 is 1.25 bits per heavy atom. The van der Waals surface area contributed by atoms with E-state index in [4.69, 9.17) is 4.74 Å². The zero-order valence-electron chi connectivity index (χ0n) is 14.8. The van der Waals surface area contributed by atoms with Gasteiger partial charge in [0.25, 0.3) is 0 Å². The summed E-state index contributed by atoms with van der Waals surface area (Å²) >= 11 is 0. The fourth-order valence-electron chi connectivity index (χ4n) is 6.15. The van der Waals surface area contributed by atoms with Crippen molar-refractivity contribution in [2.75, 3.05) is 0 Å². The van der Waals surface area contributed by atoms with Crippen LogP contribution in [0.25, 0.3) is 0 Å². The molecule has 0 heterocycles. The van der Waals surface area contributed by atoms with E-state index in [-0.39, 0.29) is 23.4 Å². The summed E-state index contributed by atoms with van der Waals surface area (Å²) in [4.78, 5) is 23.1. The second-order valence-electron chi connectivity index (χ2n) is 8.45. The second-order valence-corrected chi connectivity index (χ2v) is 8.45. The van der Waals surface area contributed by atoms with E-state index in [2.05, 4.69) is 13.0 Å². The Kier molecular flexibility index (Phi) is 3.93. The molecule has 4 aliphatic rings. The molecule has 0 saturated heterocycles. The predicted octanol–water partition coefficient (Wildman–Crippen LogP) is 4.37. The number of allylic oxidation sites excluding steroid dienone is 4. The molecule has 3 heteroatoms. The smallest absolute Gasteiger partial charge is 0.302 e. The van der Waals surface area contributed by atoms with Gasteiger partial charge in [-0.2, -0.15) is 0 Å². The molecular formula is C21H28O3. The third-order valence-corrected chi connectivity index (χ3v) is 7.26. The van der Waals surface area contributed by atoms with Crippen LogP contribution >= 0.6 is 0 Å². The summed E-state index contributed by atoms with van der Waals surface area (Å²) in [6, 6.07) is 0. The first-order chi connectivity index (χ1) is 11.5. The SMILES string of the molecule is CC(=O)O[C@H]1CC[C@H]2[C@@H]3CCC4=C(C3=CC[C@]12C)C(C=O)CCC4. The van der Waals surface area contributed by atoms with Crippen LogP contribution in [0.1, 0.15) is 65.2 Å². The van der Waals surface area contributed by atoms with Gasteiger partial charge in [0.15, 0.2) is 0 Å². The van der Waals surface area contributed by atoms with Crippen LogP contribution in [0.15, 0.2) is 22.8 Å². The molecule has 3 nitrogen and oxygen atoms in total. The van der Waals surface area contributed by atoms with Crippen molar-refractivity contribution in [3.05, 3.63) is 22.8 Å². The minimum atomic E-state index is -0.154. The lowest BCUT2D eigenvalue weighted by Crippen LogP contribution is -2.42. The first-order valence-corrected chi connectivity index (χ1v) is 9.59. The molecule has 4 aliphatic carbocycles. The molecule has 4 rings (SSSR count). The first-order valence-electron chi connectivity index (χ1n) is 9.59. The van der Waals surface area contributed by atoms with E-state index < -0.39 is 0 Å². The van der Waals surface area contributed by atoms with Gasteiger partial charge >= 0.3 is 5.97 Å². The van der Waals surface area contributed by atoms with E-state index in [1.165, 1.54) is 37.2 Å². The van der Waals surface area contributed by atoms with Crippen LogP contribution in [0, 0.1) is 23.2 Å². The van der Waals surface area contributed by atoms with E-state index in [1.807, 2.05) is 0 Å². The third-order valence-electron chi connectivity index (χ3n) is 7.26. The van der Waals surface area contributed by atoms with Crippen LogP contribution < -0.4 is 0 Å². The molecule has 0 aliphatic heterocycles. The molecule has 24 heavy (non-hydrogen) atoms. The molecule has 1 saturated carbocycles. The van der Waals surface area contributed by atoms with Crippen LogP contribution in [-0.2, 0) is 14.3 Å². The highest BCUT2D eigenvalue weighted by Gasteiger charge is 2.54. The fraction of sp³-hybridized carbons (Fsp3) is 0.714. The topological polar surface area (TPSA) is 43.4 Å². The lowest BCUT2D eigenvalue weighted by molar-refractivity contribution is -0.152. The van der Waals surface area contributed by atoms with Gasteiger partial charge in [-0.15, -0.1) is 0 Å². The summed E-state index contributed by atoms with van der Waals surface area (Å²) in [7, 11) is 0. The summed E-state index contributed by atoms with van der Waals surface area (Å²) in [5, 5.41) is 0. The fourth-order valence-corrected chi connectivity index (χ4v) is 6.15. The summed E-state index contributed by atoms with van der Waals surface area (Å²) < 4.78 is 5.68. The number of hydrogen-bond donors (Lipinski definition) is 0. The molecule has 0 N–H and O–H groups in total. The summed E-state index contributed by atoms with van der Waals surface area (Å²) in [5.41, 5.74) is 4.52. The maximum absolute atomic E-state index is 11.6. The van der Waals surface area contributed by atoms with Gasteiger partial charge in [0.1, 0.15) is 12.4 Å². The van der Waals surface area contributed by atoms with Gasteiger partial charge in [-0.05, 0) is 74.3 Å². The Bertz CT molecular complexity index is 629. The molecule has 1 unspecified atom stereocenters. The maximum atomic E-state index is 11.6. The van der Waals surface area contributed by atoms with Crippen LogP contribution in [0.3, 0.4) is 0 Å². The van der Waals surface area contributed by atoms with E-state index in [1.54, 1.807) is 5.57 Å². The van der Waals surface area contributed by atoms with Crippen molar-refractivity contribution < 1.29 is 14.3 Å². The van der Waals surface area contributed by atoms with Crippen molar-refractivity contribution in [2.24, 2.45) is 23.2 Å². The van der Waals surface area contributed by atoms with Crippen LogP contribution in [-0.4, -0.2) is 18.4 Å². The Morgan fingerprint density at radius 3 is 2.83 bits per heavy atom. The van der Waals surface area contributed by atoms with Gasteiger partial charge in [0.2, 0.25) is 0 Å². The first kappa shape index (κ1) is 16.1. The molecule has 0 amide bonds. The van der Waals surface area contributed by atoms with E-state index in [0.717, 1.165) is 38.5 Å². The quantitative estimate of drug-likeness (QED) is 0.558. The Morgan fingerprint density at radius 2 is 2.08 bits per heavy atom. The molecule has 0 spiro atoms. The monoisotopic (exact) mass is 328 g/mol. The predicted molar refractivity (Wildman–Crippen MR) is 92.2 cm³/mol. The highest BCUT2D eigenvalue weighted by atomic mass is 16.5. The average molecular weight is 328 g/mol. The van der Waals surface area contributed by atoms with Gasteiger partial charge in [-0.25, -0.2) is 0 Å². The van der Waals surface area contributed by atoms with Gasteiger partial charge < -0.3 is 9.53 Å². The average Bonchev–Trinajstić information content (AvgIpc) is 2.90. The van der Waals surface area contributed by atoms with Gasteiger partial charge in [0, 0.05) is 18.3 Å². The van der Waals surface area contributed by atoms with Crippen LogP contribution in [0.2, 0.25) is 0 Å². The van der Waals surface area contributed by atoms with Crippen LogP contribution in [0.4, 0.5) is 0 Å². The summed E-state index contributed by atoms with van der Waals surface area (Å²) in [5.74, 6) is 1.12. The van der Waals surface area contributed by atoms with Crippen molar-refractivity contribution in [3.63, 3.8) is 0 Å². The maximum Gasteiger partial charge on any atom is 0.302 e. The third kappa shape index (κ3) is 2.31. The van der Waals surface area contributed by atoms with E-state index in [0.29, 0.717) is 11.8 Å². The minimum Gasteiger partial charge on any atom is -0.462 e. The molecule has 0 radical (unpaired) electrons. The number of esters is 1. The Labute approximate surface area is 144 Å². The molecule has 0 bridgehead atoms. The Hall–Kier alpha value is -1.38. The van der Waals surface area contributed by atoms with E-state index >= 15 is 0 Å². The second kappa shape index (κ2) is 5.86. The molecule has 1 fully saturated rings. The van der Waals surface area contributed by atoms with Crippen molar-refractivity contribution in [1.82, 2.24) is 0 Å². The highest BCUT2D eigenvalue weighted by Crippen LogP contribution is 2.60. The largest absolute Gasteiger partial charge is 0.462 e. The van der Waals surface area contributed by atoms with Crippen molar-refractivity contribution in [2.45, 2.75) is 71.3 Å². The summed E-state index contributed by atoms with van der Waals surface area (Å²) in [6.45, 7) is 3.84. The number of ether oxygens (including phenoxy) is 1. The van der Waals surface area contributed by atoms with Gasteiger partial charge in [-0.1, -0.05) is 18.6 Å². The molecule has 0 aromatic carbocycles. The Balaban J connectivity index is 1.69.